The number of aryl methyl sites for hydroxylation is 1. The Balaban J connectivity index is 1.27. The average molecular weight is 603 g/mol. The third kappa shape index (κ3) is 4.43. The van der Waals surface area contributed by atoms with Crippen molar-refractivity contribution in [1.29, 1.82) is 0 Å². The van der Waals surface area contributed by atoms with Crippen molar-refractivity contribution < 1.29 is 0 Å². The second-order valence-corrected chi connectivity index (χ2v) is 13.3. The minimum Gasteiger partial charge on any atom is -0.135 e. The van der Waals surface area contributed by atoms with Crippen molar-refractivity contribution in [3.63, 3.8) is 0 Å². The summed E-state index contributed by atoms with van der Waals surface area (Å²) in [5.74, 6) is 0. The number of benzene rings is 8. The molecule has 0 amide bonds. The lowest BCUT2D eigenvalue weighted by Crippen LogP contribution is -1.92. The summed E-state index contributed by atoms with van der Waals surface area (Å²) in [4.78, 5) is 0. The number of thiophene rings is 1. The van der Waals surface area contributed by atoms with E-state index >= 15 is 0 Å². The molecule has 0 saturated heterocycles. The highest BCUT2D eigenvalue weighted by Gasteiger charge is 2.17. The molecule has 1 heterocycles. The molecule has 1 aromatic heterocycles. The number of hydrogen-bond donors (Lipinski definition) is 0. The summed E-state index contributed by atoms with van der Waals surface area (Å²) in [6, 6.07) is 60.4. The highest BCUT2D eigenvalue weighted by atomic mass is 32.1. The quantitative estimate of drug-likeness (QED) is 0.176. The summed E-state index contributed by atoms with van der Waals surface area (Å²) < 4.78 is 2.67. The van der Waals surface area contributed by atoms with Gasteiger partial charge in [-0.1, -0.05) is 139 Å². The maximum atomic E-state index is 2.41. The number of fused-ring (bicyclic) bond motifs is 5. The molecule has 0 nitrogen and oxygen atoms in total. The van der Waals surface area contributed by atoms with Crippen LogP contribution < -0.4 is 0 Å². The first kappa shape index (κ1) is 26.9. The Morgan fingerprint density at radius 3 is 1.52 bits per heavy atom. The van der Waals surface area contributed by atoms with Gasteiger partial charge in [0.25, 0.3) is 0 Å². The van der Waals surface area contributed by atoms with E-state index in [2.05, 4.69) is 171 Å². The Morgan fingerprint density at radius 2 is 0.783 bits per heavy atom. The molecule has 216 valence electrons. The molecule has 0 unspecified atom stereocenters. The zero-order chi connectivity index (χ0) is 30.6. The number of hydrogen-bond acceptors (Lipinski definition) is 1. The molecule has 0 bridgehead atoms. The van der Waals surface area contributed by atoms with Crippen LogP contribution in [0.2, 0.25) is 0 Å². The van der Waals surface area contributed by atoms with Crippen molar-refractivity contribution in [2.75, 3.05) is 0 Å². The van der Waals surface area contributed by atoms with E-state index in [1.165, 1.54) is 91.8 Å². The van der Waals surface area contributed by atoms with Crippen LogP contribution in [0.25, 0.3) is 86.2 Å². The molecule has 1 heteroatoms. The normalized spacial score (nSPS) is 11.6. The van der Waals surface area contributed by atoms with Crippen LogP contribution in [0.5, 0.6) is 0 Å². The first-order valence-electron chi connectivity index (χ1n) is 15.8. The van der Waals surface area contributed by atoms with E-state index in [1.54, 1.807) is 0 Å². The van der Waals surface area contributed by atoms with E-state index in [0.29, 0.717) is 0 Å². The van der Waals surface area contributed by atoms with E-state index in [0.717, 1.165) is 0 Å². The lowest BCUT2D eigenvalue weighted by atomic mass is 9.84. The van der Waals surface area contributed by atoms with Crippen LogP contribution in [0.15, 0.2) is 164 Å². The molecule has 9 rings (SSSR count). The van der Waals surface area contributed by atoms with Crippen LogP contribution in [-0.2, 0) is 0 Å². The largest absolute Gasteiger partial charge is 0.135 e. The second kappa shape index (κ2) is 10.8. The lowest BCUT2D eigenvalue weighted by molar-refractivity contribution is 1.47. The highest BCUT2D eigenvalue weighted by Crippen LogP contribution is 2.45. The van der Waals surface area contributed by atoms with Crippen LogP contribution in [0.3, 0.4) is 0 Å². The molecule has 0 N–H and O–H groups in total. The predicted molar refractivity (Wildman–Crippen MR) is 201 cm³/mol. The molecule has 0 fully saturated rings. The average Bonchev–Trinajstić information content (AvgIpc) is 3.49. The smallest absolute Gasteiger partial charge is 0.0355 e. The zero-order valence-corrected chi connectivity index (χ0v) is 26.3. The monoisotopic (exact) mass is 602 g/mol. The first-order chi connectivity index (χ1) is 22.7. The van der Waals surface area contributed by atoms with E-state index in [4.69, 9.17) is 0 Å². The highest BCUT2D eigenvalue weighted by molar-refractivity contribution is 7.25. The van der Waals surface area contributed by atoms with Gasteiger partial charge in [-0.25, -0.2) is 0 Å². The van der Waals surface area contributed by atoms with Crippen molar-refractivity contribution in [2.24, 2.45) is 0 Å². The van der Waals surface area contributed by atoms with E-state index in [1.807, 2.05) is 11.3 Å². The molecule has 9 aromatic rings. The Bertz CT molecular complexity index is 2570. The Kier molecular flexibility index (Phi) is 6.33. The van der Waals surface area contributed by atoms with Gasteiger partial charge in [0, 0.05) is 20.2 Å². The standard InChI is InChI=1S/C45H30S/c1-29-18-20-31(21-19-29)44-37-15-5-6-16-38(37)45(30-10-3-2-4-11-30)41-28-34(22-24-39(41)44)32-12-9-13-33(26-32)35-23-25-43-40(27-35)36-14-7-8-17-42(36)46-43/h2-28H,1H3. The van der Waals surface area contributed by atoms with E-state index < -0.39 is 0 Å². The molecule has 0 spiro atoms. The summed E-state index contributed by atoms with van der Waals surface area (Å²) in [7, 11) is 0. The summed E-state index contributed by atoms with van der Waals surface area (Å²) in [6.45, 7) is 2.15. The summed E-state index contributed by atoms with van der Waals surface area (Å²) in [5.41, 5.74) is 11.3. The molecular formula is C45H30S. The maximum absolute atomic E-state index is 2.41. The molecule has 0 aliphatic heterocycles. The molecule has 0 radical (unpaired) electrons. The minimum atomic E-state index is 1.22. The summed E-state index contributed by atoms with van der Waals surface area (Å²) >= 11 is 1.87. The van der Waals surface area contributed by atoms with Gasteiger partial charge in [-0.2, -0.15) is 0 Å². The van der Waals surface area contributed by atoms with Crippen molar-refractivity contribution in [2.45, 2.75) is 6.92 Å². The third-order valence-corrected chi connectivity index (χ3v) is 10.5. The summed E-state index contributed by atoms with van der Waals surface area (Å²) in [6.07, 6.45) is 0. The number of rotatable bonds is 4. The van der Waals surface area contributed by atoms with Crippen LogP contribution in [0, 0.1) is 6.92 Å². The molecule has 8 aromatic carbocycles. The SMILES string of the molecule is Cc1ccc(-c2c3ccccc3c(-c3ccccc3)c3cc(-c4cccc(-c5ccc6sc7ccccc7c6c5)c4)ccc23)cc1. The van der Waals surface area contributed by atoms with Gasteiger partial charge in [0.05, 0.1) is 0 Å². The zero-order valence-electron chi connectivity index (χ0n) is 25.5. The molecule has 46 heavy (non-hydrogen) atoms. The third-order valence-electron chi connectivity index (χ3n) is 9.33. The predicted octanol–water partition coefficient (Wildman–Crippen LogP) is 13.3. The van der Waals surface area contributed by atoms with Crippen molar-refractivity contribution in [3.8, 4) is 44.5 Å². The van der Waals surface area contributed by atoms with Gasteiger partial charge in [-0.3, -0.25) is 0 Å². The van der Waals surface area contributed by atoms with Gasteiger partial charge in [0.2, 0.25) is 0 Å². The van der Waals surface area contributed by atoms with Crippen molar-refractivity contribution in [3.05, 3.63) is 169 Å². The molecule has 0 saturated carbocycles. The van der Waals surface area contributed by atoms with Gasteiger partial charge in [0.15, 0.2) is 0 Å². The lowest BCUT2D eigenvalue weighted by Gasteiger charge is -2.19. The topological polar surface area (TPSA) is 0 Å². The Morgan fingerprint density at radius 1 is 0.304 bits per heavy atom. The van der Waals surface area contributed by atoms with Crippen molar-refractivity contribution in [1.82, 2.24) is 0 Å². The van der Waals surface area contributed by atoms with Gasteiger partial charge in [0.1, 0.15) is 0 Å². The van der Waals surface area contributed by atoms with Gasteiger partial charge >= 0.3 is 0 Å². The van der Waals surface area contributed by atoms with Crippen LogP contribution in [0.4, 0.5) is 0 Å². The molecular weight excluding hydrogens is 573 g/mol. The van der Waals surface area contributed by atoms with Crippen LogP contribution >= 0.6 is 11.3 Å². The van der Waals surface area contributed by atoms with Crippen LogP contribution in [-0.4, -0.2) is 0 Å². The van der Waals surface area contributed by atoms with Crippen LogP contribution in [0.1, 0.15) is 5.56 Å². The minimum absolute atomic E-state index is 1.22. The van der Waals surface area contributed by atoms with E-state index in [-0.39, 0.29) is 0 Å². The van der Waals surface area contributed by atoms with Gasteiger partial charge < -0.3 is 0 Å². The fourth-order valence-electron chi connectivity index (χ4n) is 7.09. The molecule has 0 atom stereocenters. The maximum Gasteiger partial charge on any atom is 0.0355 e. The Hall–Kier alpha value is -5.50. The molecule has 0 aliphatic carbocycles. The fraction of sp³-hybridized carbons (Fsp3) is 0.0222. The first-order valence-corrected chi connectivity index (χ1v) is 16.7. The second-order valence-electron chi connectivity index (χ2n) is 12.2. The fourth-order valence-corrected chi connectivity index (χ4v) is 8.18. The molecule has 0 aliphatic rings. The van der Waals surface area contributed by atoms with Crippen molar-refractivity contribution >= 4 is 53.1 Å². The van der Waals surface area contributed by atoms with E-state index in [9.17, 15) is 0 Å². The van der Waals surface area contributed by atoms with Gasteiger partial charge in [-0.15, -0.1) is 11.3 Å². The van der Waals surface area contributed by atoms with Gasteiger partial charge in [-0.05, 0) is 103 Å². The summed E-state index contributed by atoms with van der Waals surface area (Å²) in [5, 5.41) is 7.77. The Labute approximate surface area is 272 Å².